The van der Waals surface area contributed by atoms with Crippen molar-refractivity contribution in [2.24, 2.45) is 0 Å². The number of methoxy groups -OCH3 is 1. The molecule has 0 radical (unpaired) electrons. The quantitative estimate of drug-likeness (QED) is 0.776. The van der Waals surface area contributed by atoms with E-state index in [1.54, 1.807) is 7.11 Å². The summed E-state index contributed by atoms with van der Waals surface area (Å²) in [5.41, 5.74) is 1.02. The molecular weight excluding hydrogens is 240 g/mol. The monoisotopic (exact) mass is 264 g/mol. The van der Waals surface area contributed by atoms with E-state index in [0.717, 1.165) is 43.6 Å². The summed E-state index contributed by atoms with van der Waals surface area (Å²) >= 11 is 0. The minimum atomic E-state index is 0.696. The van der Waals surface area contributed by atoms with Gasteiger partial charge in [-0.3, -0.25) is 4.90 Å². The Balaban J connectivity index is 2.02. The predicted molar refractivity (Wildman–Crippen MR) is 76.2 cm³/mol. The molecule has 1 fully saturated rings. The normalized spacial score (nSPS) is 14.9. The summed E-state index contributed by atoms with van der Waals surface area (Å²) in [5, 5.41) is 3.26. The number of aryl methyl sites for hydroxylation is 1. The molecule has 106 valence electrons. The highest BCUT2D eigenvalue weighted by Gasteiger charge is 2.29. The molecule has 1 aliphatic rings. The van der Waals surface area contributed by atoms with Crippen molar-refractivity contribution in [2.75, 3.05) is 32.1 Å². The molecule has 0 aliphatic heterocycles. The van der Waals surface area contributed by atoms with Crippen LogP contribution >= 0.6 is 0 Å². The summed E-state index contributed by atoms with van der Waals surface area (Å²) in [5.74, 6) is 1.83. The van der Waals surface area contributed by atoms with Crippen molar-refractivity contribution >= 4 is 5.82 Å². The molecule has 0 saturated heterocycles. The summed E-state index contributed by atoms with van der Waals surface area (Å²) in [6.45, 7) is 7.51. The molecule has 2 rings (SSSR count). The van der Waals surface area contributed by atoms with Crippen LogP contribution in [0, 0.1) is 6.92 Å². The number of rotatable bonds is 8. The van der Waals surface area contributed by atoms with Crippen LogP contribution in [0.1, 0.15) is 31.3 Å². The Hall–Kier alpha value is -1.20. The van der Waals surface area contributed by atoms with Crippen LogP contribution < -0.4 is 5.32 Å². The van der Waals surface area contributed by atoms with Crippen molar-refractivity contribution in [2.45, 2.75) is 39.3 Å². The van der Waals surface area contributed by atoms with E-state index in [-0.39, 0.29) is 0 Å². The van der Waals surface area contributed by atoms with Crippen LogP contribution in [0.4, 0.5) is 5.82 Å². The Morgan fingerprint density at radius 2 is 2.21 bits per heavy atom. The average Bonchev–Trinajstić information content (AvgIpc) is 3.18. The molecule has 1 aromatic rings. The van der Waals surface area contributed by atoms with Crippen LogP contribution in [0.15, 0.2) is 6.07 Å². The zero-order chi connectivity index (χ0) is 13.7. The van der Waals surface area contributed by atoms with Gasteiger partial charge in [-0.15, -0.1) is 0 Å². The molecule has 0 unspecified atom stereocenters. The second-order valence-electron chi connectivity index (χ2n) is 5.04. The Bertz CT molecular complexity index is 406. The van der Waals surface area contributed by atoms with Gasteiger partial charge in [0.05, 0.1) is 13.2 Å². The highest BCUT2D eigenvalue weighted by Crippen LogP contribution is 2.27. The summed E-state index contributed by atoms with van der Waals surface area (Å²) in [6.07, 6.45) is 2.57. The van der Waals surface area contributed by atoms with E-state index < -0.39 is 0 Å². The van der Waals surface area contributed by atoms with E-state index in [9.17, 15) is 0 Å². The molecule has 0 spiro atoms. The third kappa shape index (κ3) is 4.44. The molecular formula is C14H24N4O. The first-order chi connectivity index (χ1) is 9.22. The van der Waals surface area contributed by atoms with E-state index in [1.807, 2.05) is 13.0 Å². The van der Waals surface area contributed by atoms with Gasteiger partial charge < -0.3 is 10.1 Å². The second-order valence-corrected chi connectivity index (χ2v) is 5.04. The second kappa shape index (κ2) is 6.82. The fourth-order valence-corrected chi connectivity index (χ4v) is 2.19. The third-order valence-corrected chi connectivity index (χ3v) is 3.25. The van der Waals surface area contributed by atoms with Crippen LogP contribution in [0.3, 0.4) is 0 Å². The summed E-state index contributed by atoms with van der Waals surface area (Å²) in [4.78, 5) is 11.5. The Morgan fingerprint density at radius 1 is 1.42 bits per heavy atom. The van der Waals surface area contributed by atoms with Crippen LogP contribution in [-0.2, 0) is 11.3 Å². The number of hydrogen-bond acceptors (Lipinski definition) is 5. The molecule has 1 saturated carbocycles. The number of ether oxygens (including phenoxy) is 1. The van der Waals surface area contributed by atoms with Crippen molar-refractivity contribution in [3.63, 3.8) is 0 Å². The third-order valence-electron chi connectivity index (χ3n) is 3.25. The van der Waals surface area contributed by atoms with Crippen LogP contribution in [-0.4, -0.2) is 47.7 Å². The van der Waals surface area contributed by atoms with Gasteiger partial charge in [0.1, 0.15) is 11.6 Å². The van der Waals surface area contributed by atoms with Crippen molar-refractivity contribution in [3.8, 4) is 0 Å². The molecule has 5 heteroatoms. The van der Waals surface area contributed by atoms with E-state index in [2.05, 4.69) is 27.1 Å². The Labute approximate surface area is 115 Å². The maximum atomic E-state index is 5.18. The average molecular weight is 264 g/mol. The lowest BCUT2D eigenvalue weighted by Gasteiger charge is -2.21. The fraction of sp³-hybridized carbons (Fsp3) is 0.714. The van der Waals surface area contributed by atoms with Gasteiger partial charge >= 0.3 is 0 Å². The van der Waals surface area contributed by atoms with Gasteiger partial charge in [0.15, 0.2) is 0 Å². The highest BCUT2D eigenvalue weighted by molar-refractivity contribution is 5.35. The zero-order valence-corrected chi connectivity index (χ0v) is 12.1. The lowest BCUT2D eigenvalue weighted by atomic mass is 10.3. The predicted octanol–water partition coefficient (Wildman–Crippen LogP) is 1.83. The molecule has 1 N–H and O–H groups in total. The summed E-state index contributed by atoms with van der Waals surface area (Å²) in [6, 6.07) is 2.69. The molecule has 1 heterocycles. The molecule has 0 bridgehead atoms. The van der Waals surface area contributed by atoms with Gasteiger partial charge in [-0.05, 0) is 26.7 Å². The van der Waals surface area contributed by atoms with Gasteiger partial charge in [-0.2, -0.15) is 0 Å². The first-order valence-corrected chi connectivity index (χ1v) is 7.04. The largest absolute Gasteiger partial charge is 0.383 e. The molecule has 1 aromatic heterocycles. The van der Waals surface area contributed by atoms with Gasteiger partial charge in [-0.1, -0.05) is 0 Å². The lowest BCUT2D eigenvalue weighted by Crippen LogP contribution is -2.30. The van der Waals surface area contributed by atoms with E-state index in [0.29, 0.717) is 6.04 Å². The van der Waals surface area contributed by atoms with E-state index in [1.165, 1.54) is 12.8 Å². The minimum absolute atomic E-state index is 0.696. The number of aromatic nitrogens is 2. The lowest BCUT2D eigenvalue weighted by molar-refractivity contribution is 0.138. The molecule has 5 nitrogen and oxygen atoms in total. The van der Waals surface area contributed by atoms with Crippen molar-refractivity contribution < 1.29 is 4.74 Å². The fourth-order valence-electron chi connectivity index (χ4n) is 2.19. The Kier molecular flexibility index (Phi) is 5.10. The van der Waals surface area contributed by atoms with Crippen molar-refractivity contribution in [3.05, 3.63) is 17.6 Å². The maximum Gasteiger partial charge on any atom is 0.144 e. The van der Waals surface area contributed by atoms with Crippen molar-refractivity contribution in [1.82, 2.24) is 14.9 Å². The maximum absolute atomic E-state index is 5.18. The summed E-state index contributed by atoms with van der Waals surface area (Å²) in [7, 11) is 1.75. The first-order valence-electron chi connectivity index (χ1n) is 7.04. The van der Waals surface area contributed by atoms with Crippen LogP contribution in [0.25, 0.3) is 0 Å². The van der Waals surface area contributed by atoms with Crippen LogP contribution in [0.5, 0.6) is 0 Å². The molecule has 19 heavy (non-hydrogen) atoms. The Morgan fingerprint density at radius 3 is 2.84 bits per heavy atom. The minimum Gasteiger partial charge on any atom is -0.383 e. The number of nitrogens with one attached hydrogen (secondary N) is 1. The number of nitrogens with zero attached hydrogens (tertiary/aromatic N) is 3. The van der Waals surface area contributed by atoms with Crippen molar-refractivity contribution in [1.29, 1.82) is 0 Å². The standard InChI is InChI=1S/C14H24N4O/c1-4-15-13-9-11(2)16-14(17-13)10-18(7-8-19-3)12-5-6-12/h9,12H,4-8,10H2,1-3H3,(H,15,16,17). The van der Waals surface area contributed by atoms with E-state index >= 15 is 0 Å². The zero-order valence-electron chi connectivity index (χ0n) is 12.1. The van der Waals surface area contributed by atoms with Gasteiger partial charge in [0, 0.05) is 38.0 Å². The molecule has 0 aromatic carbocycles. The van der Waals surface area contributed by atoms with Gasteiger partial charge in [0.25, 0.3) is 0 Å². The van der Waals surface area contributed by atoms with E-state index in [4.69, 9.17) is 4.74 Å². The number of anilines is 1. The van der Waals surface area contributed by atoms with Gasteiger partial charge in [-0.25, -0.2) is 9.97 Å². The first kappa shape index (κ1) is 14.2. The van der Waals surface area contributed by atoms with Gasteiger partial charge in [0.2, 0.25) is 0 Å². The smallest absolute Gasteiger partial charge is 0.144 e. The molecule has 0 amide bonds. The molecule has 0 atom stereocenters. The van der Waals surface area contributed by atoms with Crippen LogP contribution in [0.2, 0.25) is 0 Å². The SMILES string of the molecule is CCNc1cc(C)nc(CN(CCOC)C2CC2)n1. The molecule has 1 aliphatic carbocycles. The summed E-state index contributed by atoms with van der Waals surface area (Å²) < 4.78 is 5.18. The number of hydrogen-bond donors (Lipinski definition) is 1. The topological polar surface area (TPSA) is 50.3 Å². The highest BCUT2D eigenvalue weighted by atomic mass is 16.5.